The number of benzene rings is 1. The maximum atomic E-state index is 5.66. The first kappa shape index (κ1) is 22.2. The SMILES string of the molecule is CCNC(=NCc1ncnn1C)NCCc1ccc(OC(C)C)cc1.I. The van der Waals surface area contributed by atoms with Gasteiger partial charge in [-0.2, -0.15) is 5.10 Å². The summed E-state index contributed by atoms with van der Waals surface area (Å²) in [5.41, 5.74) is 1.26. The van der Waals surface area contributed by atoms with Crippen LogP contribution in [0.3, 0.4) is 0 Å². The second kappa shape index (κ2) is 11.7. The molecular formula is C18H29IN6O. The molecule has 0 aliphatic rings. The number of aryl methyl sites for hydroxylation is 1. The van der Waals surface area contributed by atoms with Crippen molar-refractivity contribution in [2.75, 3.05) is 13.1 Å². The number of guanidine groups is 1. The molecule has 1 aromatic carbocycles. The molecule has 2 aromatic rings. The Bertz CT molecular complexity index is 669. The van der Waals surface area contributed by atoms with Crippen LogP contribution < -0.4 is 15.4 Å². The van der Waals surface area contributed by atoms with E-state index in [1.807, 2.05) is 40.0 Å². The number of rotatable bonds is 8. The first-order chi connectivity index (χ1) is 12.1. The van der Waals surface area contributed by atoms with E-state index in [1.54, 1.807) is 4.68 Å². The number of nitrogens with one attached hydrogen (secondary N) is 2. The minimum absolute atomic E-state index is 0. The van der Waals surface area contributed by atoms with Gasteiger partial charge in [-0.3, -0.25) is 4.68 Å². The summed E-state index contributed by atoms with van der Waals surface area (Å²) in [5, 5.41) is 10.6. The quantitative estimate of drug-likeness (QED) is 0.351. The van der Waals surface area contributed by atoms with Crippen molar-refractivity contribution in [2.45, 2.75) is 39.8 Å². The van der Waals surface area contributed by atoms with Crippen molar-refractivity contribution in [1.82, 2.24) is 25.4 Å². The van der Waals surface area contributed by atoms with Crippen LogP contribution in [0.5, 0.6) is 5.75 Å². The summed E-state index contributed by atoms with van der Waals surface area (Å²) < 4.78 is 7.39. The van der Waals surface area contributed by atoms with Crippen LogP contribution in [0.25, 0.3) is 0 Å². The Morgan fingerprint density at radius 3 is 2.54 bits per heavy atom. The minimum Gasteiger partial charge on any atom is -0.491 e. The minimum atomic E-state index is 0. The standard InChI is InChI=1S/C18H28N6O.HI/c1-5-19-18(21-12-17-22-13-23-24(17)4)20-11-10-15-6-8-16(9-7-15)25-14(2)3;/h6-9,13-14H,5,10-12H2,1-4H3,(H2,19,20,21);1H. The van der Waals surface area contributed by atoms with E-state index in [1.165, 1.54) is 11.9 Å². The highest BCUT2D eigenvalue weighted by molar-refractivity contribution is 14.0. The zero-order valence-electron chi connectivity index (χ0n) is 15.9. The number of aromatic nitrogens is 3. The highest BCUT2D eigenvalue weighted by atomic mass is 127. The molecule has 26 heavy (non-hydrogen) atoms. The monoisotopic (exact) mass is 472 g/mol. The van der Waals surface area contributed by atoms with Crippen LogP contribution in [0.15, 0.2) is 35.6 Å². The second-order valence-electron chi connectivity index (χ2n) is 5.98. The molecule has 0 aliphatic carbocycles. The molecule has 1 heterocycles. The second-order valence-corrected chi connectivity index (χ2v) is 5.98. The van der Waals surface area contributed by atoms with Crippen molar-refractivity contribution in [3.05, 3.63) is 42.0 Å². The predicted octanol–water partition coefficient (Wildman–Crippen LogP) is 2.52. The van der Waals surface area contributed by atoms with E-state index in [-0.39, 0.29) is 30.1 Å². The summed E-state index contributed by atoms with van der Waals surface area (Å²) in [7, 11) is 1.87. The maximum absolute atomic E-state index is 5.66. The summed E-state index contributed by atoms with van der Waals surface area (Å²) >= 11 is 0. The van der Waals surface area contributed by atoms with Gasteiger partial charge >= 0.3 is 0 Å². The van der Waals surface area contributed by atoms with Crippen LogP contribution >= 0.6 is 24.0 Å². The lowest BCUT2D eigenvalue weighted by Crippen LogP contribution is -2.38. The number of nitrogens with zero attached hydrogens (tertiary/aromatic N) is 4. The Hall–Kier alpha value is -1.84. The zero-order valence-corrected chi connectivity index (χ0v) is 18.2. The topological polar surface area (TPSA) is 76.4 Å². The number of hydrogen-bond acceptors (Lipinski definition) is 4. The molecular weight excluding hydrogens is 443 g/mol. The summed E-state index contributed by atoms with van der Waals surface area (Å²) in [5.74, 6) is 2.52. The van der Waals surface area contributed by atoms with E-state index >= 15 is 0 Å². The molecule has 8 heteroatoms. The molecule has 0 bridgehead atoms. The number of ether oxygens (including phenoxy) is 1. The first-order valence-corrected chi connectivity index (χ1v) is 8.69. The van der Waals surface area contributed by atoms with Crippen molar-refractivity contribution in [3.8, 4) is 5.75 Å². The summed E-state index contributed by atoms with van der Waals surface area (Å²) in [6, 6.07) is 8.23. The van der Waals surface area contributed by atoms with Crippen LogP contribution in [0.1, 0.15) is 32.2 Å². The van der Waals surface area contributed by atoms with Crippen LogP contribution in [-0.4, -0.2) is 39.9 Å². The molecule has 2 rings (SSSR count). The molecule has 2 N–H and O–H groups in total. The fraction of sp³-hybridized carbons (Fsp3) is 0.500. The smallest absolute Gasteiger partial charge is 0.191 e. The maximum Gasteiger partial charge on any atom is 0.191 e. The van der Waals surface area contributed by atoms with Gasteiger partial charge in [-0.05, 0) is 44.9 Å². The van der Waals surface area contributed by atoms with Crippen LogP contribution in [0.4, 0.5) is 0 Å². The Balaban J connectivity index is 0.00000338. The first-order valence-electron chi connectivity index (χ1n) is 8.69. The molecule has 0 fully saturated rings. The summed E-state index contributed by atoms with van der Waals surface area (Å²) in [4.78, 5) is 8.73. The lowest BCUT2D eigenvalue weighted by Gasteiger charge is -2.12. The summed E-state index contributed by atoms with van der Waals surface area (Å²) in [6.45, 7) is 8.21. The lowest BCUT2D eigenvalue weighted by atomic mass is 10.1. The van der Waals surface area contributed by atoms with Gasteiger partial charge in [-0.15, -0.1) is 24.0 Å². The fourth-order valence-corrected chi connectivity index (χ4v) is 2.29. The molecule has 0 aliphatic heterocycles. The molecule has 1 aromatic heterocycles. The van der Waals surface area contributed by atoms with Crippen LogP contribution in [0, 0.1) is 0 Å². The van der Waals surface area contributed by atoms with Gasteiger partial charge in [-0.25, -0.2) is 9.98 Å². The van der Waals surface area contributed by atoms with Gasteiger partial charge in [0.1, 0.15) is 24.4 Å². The van der Waals surface area contributed by atoms with E-state index in [4.69, 9.17) is 4.74 Å². The highest BCUT2D eigenvalue weighted by Crippen LogP contribution is 2.13. The average Bonchev–Trinajstić information content (AvgIpc) is 2.99. The van der Waals surface area contributed by atoms with E-state index < -0.39 is 0 Å². The summed E-state index contributed by atoms with van der Waals surface area (Å²) in [6.07, 6.45) is 2.65. The van der Waals surface area contributed by atoms with E-state index in [0.717, 1.165) is 37.0 Å². The molecule has 7 nitrogen and oxygen atoms in total. The number of hydrogen-bond donors (Lipinski definition) is 2. The van der Waals surface area contributed by atoms with Crippen molar-refractivity contribution in [3.63, 3.8) is 0 Å². The van der Waals surface area contributed by atoms with Gasteiger partial charge < -0.3 is 15.4 Å². The Labute approximate surface area is 172 Å². The molecule has 0 unspecified atom stereocenters. The van der Waals surface area contributed by atoms with Crippen LogP contribution in [-0.2, 0) is 20.0 Å². The molecule has 0 amide bonds. The third kappa shape index (κ3) is 7.59. The average molecular weight is 472 g/mol. The molecule has 0 spiro atoms. The Morgan fingerprint density at radius 1 is 1.23 bits per heavy atom. The van der Waals surface area contributed by atoms with Gasteiger partial charge in [0.15, 0.2) is 5.96 Å². The van der Waals surface area contributed by atoms with Crippen molar-refractivity contribution in [2.24, 2.45) is 12.0 Å². The van der Waals surface area contributed by atoms with E-state index in [0.29, 0.717) is 6.54 Å². The number of halogens is 1. The third-order valence-electron chi connectivity index (χ3n) is 3.53. The van der Waals surface area contributed by atoms with Gasteiger partial charge in [0.05, 0.1) is 6.10 Å². The normalized spacial score (nSPS) is 11.2. The van der Waals surface area contributed by atoms with Gasteiger partial charge in [0, 0.05) is 20.1 Å². The van der Waals surface area contributed by atoms with Gasteiger partial charge in [-0.1, -0.05) is 12.1 Å². The van der Waals surface area contributed by atoms with Gasteiger partial charge in [0.25, 0.3) is 0 Å². The zero-order chi connectivity index (χ0) is 18.1. The highest BCUT2D eigenvalue weighted by Gasteiger charge is 2.02. The van der Waals surface area contributed by atoms with Gasteiger partial charge in [0.2, 0.25) is 0 Å². The predicted molar refractivity (Wildman–Crippen MR) is 115 cm³/mol. The number of aliphatic imine (C=N–C) groups is 1. The molecule has 0 atom stereocenters. The van der Waals surface area contributed by atoms with Crippen molar-refractivity contribution < 1.29 is 4.74 Å². The molecule has 0 saturated heterocycles. The molecule has 144 valence electrons. The fourth-order valence-electron chi connectivity index (χ4n) is 2.29. The molecule has 0 radical (unpaired) electrons. The lowest BCUT2D eigenvalue weighted by molar-refractivity contribution is 0.242. The van der Waals surface area contributed by atoms with E-state index in [9.17, 15) is 0 Å². The largest absolute Gasteiger partial charge is 0.491 e. The Kier molecular flexibility index (Phi) is 10.0. The Morgan fingerprint density at radius 2 is 1.96 bits per heavy atom. The van der Waals surface area contributed by atoms with Crippen LogP contribution in [0.2, 0.25) is 0 Å². The van der Waals surface area contributed by atoms with Crippen molar-refractivity contribution in [1.29, 1.82) is 0 Å². The molecule has 0 saturated carbocycles. The third-order valence-corrected chi connectivity index (χ3v) is 3.53. The van der Waals surface area contributed by atoms with Crippen molar-refractivity contribution >= 4 is 29.9 Å². The van der Waals surface area contributed by atoms with E-state index in [2.05, 4.69) is 37.8 Å².